The molecule has 0 aliphatic heterocycles. The molecule has 1 aromatic heterocycles. The van der Waals surface area contributed by atoms with E-state index in [1.165, 1.54) is 19.4 Å². The van der Waals surface area contributed by atoms with Crippen LogP contribution < -0.4 is 10.5 Å². The number of aromatic nitrogens is 1. The highest BCUT2D eigenvalue weighted by atomic mass is 35.5. The molecule has 90 valence electrons. The molecular formula is C9H10ClF3N2O. The Morgan fingerprint density at radius 3 is 2.69 bits per heavy atom. The van der Waals surface area contributed by atoms with Crippen LogP contribution in [-0.4, -0.2) is 24.3 Å². The van der Waals surface area contributed by atoms with Crippen molar-refractivity contribution in [3.63, 3.8) is 0 Å². The van der Waals surface area contributed by atoms with Crippen LogP contribution >= 0.6 is 11.6 Å². The van der Waals surface area contributed by atoms with Crippen molar-refractivity contribution in [3.05, 3.63) is 22.8 Å². The quantitative estimate of drug-likeness (QED) is 0.899. The minimum absolute atomic E-state index is 0.139. The molecule has 0 spiro atoms. The van der Waals surface area contributed by atoms with Crippen LogP contribution in [0.15, 0.2) is 12.3 Å². The van der Waals surface area contributed by atoms with Crippen LogP contribution in [0.3, 0.4) is 0 Å². The van der Waals surface area contributed by atoms with E-state index in [1.54, 1.807) is 0 Å². The van der Waals surface area contributed by atoms with Crippen LogP contribution in [0.4, 0.5) is 13.2 Å². The maximum atomic E-state index is 12.2. The van der Waals surface area contributed by atoms with Gasteiger partial charge in [0, 0.05) is 12.3 Å². The molecule has 0 aliphatic rings. The molecule has 2 N–H and O–H groups in total. The normalized spacial score (nSPS) is 13.6. The van der Waals surface area contributed by atoms with Crippen molar-refractivity contribution in [1.82, 2.24) is 4.98 Å². The van der Waals surface area contributed by atoms with Crippen LogP contribution in [0.1, 0.15) is 5.56 Å². The molecule has 0 radical (unpaired) electrons. The Bertz CT molecular complexity index is 370. The first kappa shape index (κ1) is 13.1. The van der Waals surface area contributed by atoms with Crippen molar-refractivity contribution in [2.75, 3.05) is 7.11 Å². The van der Waals surface area contributed by atoms with Crippen molar-refractivity contribution in [2.45, 2.75) is 18.6 Å². The summed E-state index contributed by atoms with van der Waals surface area (Å²) in [5.41, 5.74) is 5.26. The summed E-state index contributed by atoms with van der Waals surface area (Å²) in [6, 6.07) is -0.606. The Morgan fingerprint density at radius 2 is 2.19 bits per heavy atom. The summed E-state index contributed by atoms with van der Waals surface area (Å²) in [6.07, 6.45) is -3.61. The third-order valence-corrected chi connectivity index (χ3v) is 2.32. The van der Waals surface area contributed by atoms with Gasteiger partial charge in [-0.25, -0.2) is 4.98 Å². The number of methoxy groups -OCH3 is 1. The van der Waals surface area contributed by atoms with Crippen molar-refractivity contribution >= 4 is 11.6 Å². The summed E-state index contributed by atoms with van der Waals surface area (Å²) in [5.74, 6) is 0.203. The molecule has 1 heterocycles. The summed E-state index contributed by atoms with van der Waals surface area (Å²) in [6.45, 7) is 0. The lowest BCUT2D eigenvalue weighted by Crippen LogP contribution is -2.39. The first-order chi connectivity index (χ1) is 7.34. The van der Waals surface area contributed by atoms with Gasteiger partial charge in [-0.15, -0.1) is 0 Å². The van der Waals surface area contributed by atoms with E-state index < -0.39 is 18.6 Å². The molecule has 16 heavy (non-hydrogen) atoms. The van der Waals surface area contributed by atoms with E-state index in [9.17, 15) is 13.2 Å². The predicted octanol–water partition coefficient (Wildman–Crippen LogP) is 2.18. The zero-order valence-electron chi connectivity index (χ0n) is 8.38. The fraction of sp³-hybridized carbons (Fsp3) is 0.444. The number of rotatable bonds is 3. The van der Waals surface area contributed by atoms with Gasteiger partial charge in [0.1, 0.15) is 6.04 Å². The molecule has 0 amide bonds. The number of nitrogens with zero attached hydrogens (tertiary/aromatic N) is 1. The van der Waals surface area contributed by atoms with E-state index in [1.807, 2.05) is 0 Å². The van der Waals surface area contributed by atoms with E-state index in [-0.39, 0.29) is 16.5 Å². The van der Waals surface area contributed by atoms with Gasteiger partial charge >= 0.3 is 6.18 Å². The maximum absolute atomic E-state index is 12.2. The largest absolute Gasteiger partial charge is 0.481 e. The van der Waals surface area contributed by atoms with E-state index in [0.717, 1.165) is 0 Å². The molecule has 7 heteroatoms. The van der Waals surface area contributed by atoms with Crippen molar-refractivity contribution in [2.24, 2.45) is 5.73 Å². The molecule has 3 nitrogen and oxygen atoms in total. The molecule has 0 saturated heterocycles. The van der Waals surface area contributed by atoms with E-state index in [2.05, 4.69) is 4.98 Å². The van der Waals surface area contributed by atoms with Gasteiger partial charge in [0.25, 0.3) is 0 Å². The molecule has 1 unspecified atom stereocenters. The number of pyridine rings is 1. The second-order valence-electron chi connectivity index (χ2n) is 3.17. The lowest BCUT2D eigenvalue weighted by Gasteiger charge is -2.16. The lowest BCUT2D eigenvalue weighted by molar-refractivity contribution is -0.147. The van der Waals surface area contributed by atoms with Crippen LogP contribution in [0.5, 0.6) is 5.88 Å². The van der Waals surface area contributed by atoms with Gasteiger partial charge in [-0.3, -0.25) is 0 Å². The van der Waals surface area contributed by atoms with Gasteiger partial charge < -0.3 is 10.5 Å². The highest BCUT2D eigenvalue weighted by molar-refractivity contribution is 6.31. The van der Waals surface area contributed by atoms with E-state index >= 15 is 0 Å². The summed E-state index contributed by atoms with van der Waals surface area (Å²) in [5, 5.41) is 0.139. The minimum atomic E-state index is -4.44. The van der Waals surface area contributed by atoms with Crippen molar-refractivity contribution in [3.8, 4) is 5.88 Å². The second-order valence-corrected chi connectivity index (χ2v) is 3.58. The minimum Gasteiger partial charge on any atom is -0.481 e. The molecule has 0 aliphatic carbocycles. The van der Waals surface area contributed by atoms with E-state index in [4.69, 9.17) is 22.1 Å². The summed E-state index contributed by atoms with van der Waals surface area (Å²) < 4.78 is 41.5. The van der Waals surface area contributed by atoms with Gasteiger partial charge in [-0.1, -0.05) is 11.6 Å². The SMILES string of the molecule is COc1cc(CC(N)C(F)(F)F)c(Cl)cn1. The number of nitrogens with two attached hydrogens (primary N) is 1. The van der Waals surface area contributed by atoms with Crippen LogP contribution in [0, 0.1) is 0 Å². The van der Waals surface area contributed by atoms with Gasteiger partial charge in [0.15, 0.2) is 0 Å². The van der Waals surface area contributed by atoms with Crippen LogP contribution in [0.2, 0.25) is 5.02 Å². The second kappa shape index (κ2) is 4.88. The number of alkyl halides is 3. The number of ether oxygens (including phenoxy) is 1. The van der Waals surface area contributed by atoms with Crippen molar-refractivity contribution < 1.29 is 17.9 Å². The van der Waals surface area contributed by atoms with Gasteiger partial charge in [-0.2, -0.15) is 13.2 Å². The highest BCUT2D eigenvalue weighted by Gasteiger charge is 2.36. The molecule has 0 saturated carbocycles. The molecule has 0 aromatic carbocycles. The Kier molecular flexibility index (Phi) is 3.98. The highest BCUT2D eigenvalue weighted by Crippen LogP contribution is 2.25. The average Bonchev–Trinajstić information content (AvgIpc) is 2.19. The van der Waals surface area contributed by atoms with Crippen LogP contribution in [0.25, 0.3) is 0 Å². The van der Waals surface area contributed by atoms with E-state index in [0.29, 0.717) is 0 Å². The Hall–Kier alpha value is -1.01. The smallest absolute Gasteiger partial charge is 0.403 e. The monoisotopic (exact) mass is 254 g/mol. The number of hydrogen-bond acceptors (Lipinski definition) is 3. The Balaban J connectivity index is 2.88. The van der Waals surface area contributed by atoms with Gasteiger partial charge in [0.05, 0.1) is 12.1 Å². The summed E-state index contributed by atoms with van der Waals surface area (Å²) >= 11 is 5.71. The first-order valence-corrected chi connectivity index (χ1v) is 4.73. The number of hydrogen-bond donors (Lipinski definition) is 1. The standard InChI is InChI=1S/C9H10ClF3N2O/c1-16-8-3-5(6(10)4-15-8)2-7(14)9(11,12)13/h3-4,7H,2,14H2,1H3. The zero-order valence-corrected chi connectivity index (χ0v) is 9.14. The number of halogens is 4. The Morgan fingerprint density at radius 1 is 1.56 bits per heavy atom. The van der Waals surface area contributed by atoms with Gasteiger partial charge in [0.2, 0.25) is 5.88 Å². The molecular weight excluding hydrogens is 245 g/mol. The van der Waals surface area contributed by atoms with Gasteiger partial charge in [-0.05, 0) is 12.0 Å². The predicted molar refractivity (Wildman–Crippen MR) is 53.5 cm³/mol. The topological polar surface area (TPSA) is 48.1 Å². The molecule has 1 rings (SSSR count). The molecule has 0 bridgehead atoms. The van der Waals surface area contributed by atoms with Crippen molar-refractivity contribution in [1.29, 1.82) is 0 Å². The summed E-state index contributed by atoms with van der Waals surface area (Å²) in [7, 11) is 1.36. The van der Waals surface area contributed by atoms with Crippen LogP contribution in [-0.2, 0) is 6.42 Å². The molecule has 0 fully saturated rings. The third-order valence-electron chi connectivity index (χ3n) is 1.98. The zero-order chi connectivity index (χ0) is 12.3. The molecule has 1 atom stereocenters. The fourth-order valence-corrected chi connectivity index (χ4v) is 1.26. The fourth-order valence-electron chi connectivity index (χ4n) is 1.08. The third kappa shape index (κ3) is 3.24. The first-order valence-electron chi connectivity index (χ1n) is 4.35. The molecule has 1 aromatic rings. The summed E-state index contributed by atoms with van der Waals surface area (Å²) in [4.78, 5) is 3.75. The lowest BCUT2D eigenvalue weighted by atomic mass is 10.1. The average molecular weight is 255 g/mol. The maximum Gasteiger partial charge on any atom is 0.403 e. The Labute approximate surface area is 95.4 Å².